The summed E-state index contributed by atoms with van der Waals surface area (Å²) in [6.45, 7) is 3.70. The van der Waals surface area contributed by atoms with Crippen LogP contribution in [0.25, 0.3) is 11.0 Å². The Morgan fingerprint density at radius 3 is 2.53 bits per heavy atom. The molecule has 1 aliphatic rings. The second-order valence-electron chi connectivity index (χ2n) is 8.95. The Hall–Kier alpha value is -2.29. The SMILES string of the molecule is Cc1nc2c(Cc3ccc(S(=O)(=O)N(C)[C@@H](C)C(O)C4CCCCC4)cc3)nccc2[nH]1. The molecule has 7 nitrogen and oxygen atoms in total. The van der Waals surface area contributed by atoms with Gasteiger partial charge in [-0.3, -0.25) is 4.98 Å². The minimum absolute atomic E-state index is 0.166. The van der Waals surface area contributed by atoms with Gasteiger partial charge in [-0.2, -0.15) is 4.31 Å². The third-order valence-electron chi connectivity index (χ3n) is 6.77. The Kier molecular flexibility index (Phi) is 6.65. The summed E-state index contributed by atoms with van der Waals surface area (Å²) in [7, 11) is -2.14. The third-order valence-corrected chi connectivity index (χ3v) is 8.73. The Bertz CT molecular complexity index is 1170. The first kappa shape index (κ1) is 22.9. The molecule has 1 aromatic carbocycles. The topological polar surface area (TPSA) is 99.2 Å². The number of sulfonamides is 1. The second-order valence-corrected chi connectivity index (χ2v) is 10.9. The summed E-state index contributed by atoms with van der Waals surface area (Å²) in [4.78, 5) is 12.4. The summed E-state index contributed by atoms with van der Waals surface area (Å²) in [6, 6.07) is 8.33. The lowest BCUT2D eigenvalue weighted by atomic mass is 9.83. The van der Waals surface area contributed by atoms with Crippen LogP contribution in [0.1, 0.15) is 56.1 Å². The Morgan fingerprint density at radius 2 is 1.84 bits per heavy atom. The van der Waals surface area contributed by atoms with Crippen molar-refractivity contribution in [3.8, 4) is 0 Å². The van der Waals surface area contributed by atoms with Crippen molar-refractivity contribution in [3.05, 3.63) is 53.6 Å². The number of hydrogen-bond acceptors (Lipinski definition) is 5. The minimum Gasteiger partial charge on any atom is -0.391 e. The first-order valence-electron chi connectivity index (χ1n) is 11.3. The number of aromatic nitrogens is 3. The summed E-state index contributed by atoms with van der Waals surface area (Å²) in [5, 5.41) is 10.8. The fourth-order valence-electron chi connectivity index (χ4n) is 4.69. The van der Waals surface area contributed by atoms with Gasteiger partial charge in [0, 0.05) is 25.7 Å². The van der Waals surface area contributed by atoms with E-state index in [-0.39, 0.29) is 10.8 Å². The number of H-pyrrole nitrogens is 1. The zero-order valence-corrected chi connectivity index (χ0v) is 19.8. The number of likely N-dealkylation sites (N-methyl/N-ethyl adjacent to an activating group) is 1. The van der Waals surface area contributed by atoms with Crippen LogP contribution < -0.4 is 0 Å². The first-order valence-corrected chi connectivity index (χ1v) is 12.8. The summed E-state index contributed by atoms with van der Waals surface area (Å²) in [5.41, 5.74) is 3.59. The predicted octanol–water partition coefficient (Wildman–Crippen LogP) is 3.81. The van der Waals surface area contributed by atoms with E-state index in [0.29, 0.717) is 6.42 Å². The zero-order valence-electron chi connectivity index (χ0n) is 19.0. The van der Waals surface area contributed by atoms with E-state index in [2.05, 4.69) is 15.0 Å². The number of nitrogens with one attached hydrogen (secondary N) is 1. The van der Waals surface area contributed by atoms with Crippen molar-refractivity contribution >= 4 is 21.1 Å². The average Bonchev–Trinajstić information content (AvgIpc) is 3.20. The van der Waals surface area contributed by atoms with Crippen molar-refractivity contribution < 1.29 is 13.5 Å². The summed E-state index contributed by atoms with van der Waals surface area (Å²) >= 11 is 0. The molecule has 1 fully saturated rings. The van der Waals surface area contributed by atoms with Crippen LogP contribution in [-0.4, -0.2) is 52.0 Å². The second kappa shape index (κ2) is 9.29. The molecule has 3 aromatic rings. The third kappa shape index (κ3) is 4.58. The Balaban J connectivity index is 1.49. The molecule has 8 heteroatoms. The molecule has 4 rings (SSSR count). The molecule has 0 bridgehead atoms. The number of benzene rings is 1. The van der Waals surface area contributed by atoms with Gasteiger partial charge >= 0.3 is 0 Å². The van der Waals surface area contributed by atoms with E-state index in [1.165, 1.54) is 10.7 Å². The molecule has 0 aliphatic heterocycles. The molecule has 0 spiro atoms. The molecule has 0 amide bonds. The number of aliphatic hydroxyl groups is 1. The van der Waals surface area contributed by atoms with Gasteiger partial charge in [-0.15, -0.1) is 0 Å². The first-order chi connectivity index (χ1) is 15.3. The summed E-state index contributed by atoms with van der Waals surface area (Å²) < 4.78 is 27.7. The van der Waals surface area contributed by atoms with Crippen molar-refractivity contribution in [3.63, 3.8) is 0 Å². The van der Waals surface area contributed by atoms with E-state index in [1.54, 1.807) is 32.3 Å². The van der Waals surface area contributed by atoms with Crippen LogP contribution in [0, 0.1) is 12.8 Å². The van der Waals surface area contributed by atoms with Crippen molar-refractivity contribution in [1.82, 2.24) is 19.3 Å². The maximum Gasteiger partial charge on any atom is 0.243 e. The standard InChI is InChI=1S/C24H32N4O3S/c1-16(24(29)19-7-5-4-6-8-19)28(3)32(30,31)20-11-9-18(10-12-20)15-22-23-21(13-14-25-22)26-17(2)27-23/h9-14,16,19,24,29H,4-8,15H2,1-3H3,(H,26,27)/t16-,24?/m0/s1. The highest BCUT2D eigenvalue weighted by atomic mass is 32.2. The Morgan fingerprint density at radius 1 is 1.16 bits per heavy atom. The molecule has 0 saturated heterocycles. The fraction of sp³-hybridized carbons (Fsp3) is 0.500. The molecule has 172 valence electrons. The lowest BCUT2D eigenvalue weighted by Gasteiger charge is -2.34. The predicted molar refractivity (Wildman–Crippen MR) is 125 cm³/mol. The van der Waals surface area contributed by atoms with Gasteiger partial charge in [-0.25, -0.2) is 13.4 Å². The summed E-state index contributed by atoms with van der Waals surface area (Å²) in [5.74, 6) is 1.00. The molecular weight excluding hydrogens is 424 g/mol. The lowest BCUT2D eigenvalue weighted by Crippen LogP contribution is -2.46. The van der Waals surface area contributed by atoms with Crippen molar-refractivity contribution in [2.24, 2.45) is 5.92 Å². The van der Waals surface area contributed by atoms with Crippen LogP contribution in [0.2, 0.25) is 0 Å². The minimum atomic E-state index is -3.70. The molecule has 1 aliphatic carbocycles. The molecule has 2 aromatic heterocycles. The van der Waals surface area contributed by atoms with Crippen molar-refractivity contribution in [2.45, 2.75) is 69.4 Å². The number of pyridine rings is 1. The highest BCUT2D eigenvalue weighted by Crippen LogP contribution is 2.30. The molecular formula is C24H32N4O3S. The number of nitrogens with zero attached hydrogens (tertiary/aromatic N) is 3. The number of hydrogen-bond donors (Lipinski definition) is 2. The molecule has 2 atom stereocenters. The molecule has 0 radical (unpaired) electrons. The van der Waals surface area contributed by atoms with Crippen molar-refractivity contribution in [2.75, 3.05) is 7.05 Å². The molecule has 2 N–H and O–H groups in total. The quantitative estimate of drug-likeness (QED) is 0.563. The van der Waals surface area contributed by atoms with Gasteiger partial charge < -0.3 is 10.1 Å². The van der Waals surface area contributed by atoms with E-state index in [4.69, 9.17) is 0 Å². The van der Waals surface area contributed by atoms with Crippen LogP contribution in [0.5, 0.6) is 0 Å². The maximum atomic E-state index is 13.2. The molecule has 1 unspecified atom stereocenters. The van der Waals surface area contributed by atoms with Gasteiger partial charge in [-0.1, -0.05) is 31.4 Å². The van der Waals surface area contributed by atoms with Gasteiger partial charge in [0.15, 0.2) is 0 Å². The number of aliphatic hydroxyl groups excluding tert-OH is 1. The summed E-state index contributed by atoms with van der Waals surface area (Å²) in [6.07, 6.45) is 6.99. The van der Waals surface area contributed by atoms with Crippen LogP contribution >= 0.6 is 0 Å². The molecule has 1 saturated carbocycles. The highest BCUT2D eigenvalue weighted by molar-refractivity contribution is 7.89. The maximum absolute atomic E-state index is 13.2. The largest absolute Gasteiger partial charge is 0.391 e. The van der Waals surface area contributed by atoms with Crippen LogP contribution in [0.15, 0.2) is 41.4 Å². The number of rotatable bonds is 7. The van der Waals surface area contributed by atoms with Gasteiger partial charge in [0.1, 0.15) is 11.3 Å². The monoisotopic (exact) mass is 456 g/mol. The van der Waals surface area contributed by atoms with E-state index in [0.717, 1.165) is 53.8 Å². The average molecular weight is 457 g/mol. The van der Waals surface area contributed by atoms with Crippen LogP contribution in [-0.2, 0) is 16.4 Å². The normalized spacial score (nSPS) is 17.7. The number of fused-ring (bicyclic) bond motifs is 1. The zero-order chi connectivity index (χ0) is 22.9. The van der Waals surface area contributed by atoms with Crippen molar-refractivity contribution in [1.29, 1.82) is 0 Å². The fourth-order valence-corrected chi connectivity index (χ4v) is 6.06. The number of aryl methyl sites for hydroxylation is 1. The van der Waals surface area contributed by atoms with E-state index >= 15 is 0 Å². The van der Waals surface area contributed by atoms with Gasteiger partial charge in [0.2, 0.25) is 10.0 Å². The highest BCUT2D eigenvalue weighted by Gasteiger charge is 2.34. The Labute approximate surface area is 190 Å². The lowest BCUT2D eigenvalue weighted by molar-refractivity contribution is 0.0369. The number of aromatic amines is 1. The van der Waals surface area contributed by atoms with E-state index in [9.17, 15) is 13.5 Å². The van der Waals surface area contributed by atoms with Crippen LogP contribution in [0.4, 0.5) is 0 Å². The van der Waals surface area contributed by atoms with E-state index in [1.807, 2.05) is 25.1 Å². The number of imidazole rings is 1. The van der Waals surface area contributed by atoms with Gasteiger partial charge in [0.25, 0.3) is 0 Å². The van der Waals surface area contributed by atoms with E-state index < -0.39 is 22.2 Å². The molecule has 2 heterocycles. The van der Waals surface area contributed by atoms with Gasteiger partial charge in [0.05, 0.1) is 22.2 Å². The molecule has 32 heavy (non-hydrogen) atoms. The van der Waals surface area contributed by atoms with Crippen LogP contribution in [0.3, 0.4) is 0 Å². The smallest absolute Gasteiger partial charge is 0.243 e. The van der Waals surface area contributed by atoms with Gasteiger partial charge in [-0.05, 0) is 56.4 Å².